The Labute approximate surface area is 117 Å². The largest absolute Gasteiger partial charge is 0.486 e. The maximum atomic E-state index is 10.9. The highest BCUT2D eigenvalue weighted by molar-refractivity contribution is 5.75. The van der Waals surface area contributed by atoms with Crippen molar-refractivity contribution in [2.75, 3.05) is 0 Å². The van der Waals surface area contributed by atoms with Gasteiger partial charge in [-0.2, -0.15) is 5.10 Å². The summed E-state index contributed by atoms with van der Waals surface area (Å²) < 4.78 is 7.42. The summed E-state index contributed by atoms with van der Waals surface area (Å²) in [7, 11) is 0. The van der Waals surface area contributed by atoms with E-state index in [0.717, 1.165) is 23.4 Å². The minimum absolute atomic E-state index is 0.442. The number of aryl methyl sites for hydroxylation is 1. The van der Waals surface area contributed by atoms with E-state index < -0.39 is 11.9 Å². The standard InChI is InChI=1S/C15H18N2O3/c1-3-17-9-14(8-16-17)20-10-12-4-6-13(7-5-12)11(2)15(18)19/h4-9,11H,3,10H2,1-2H3,(H,18,19). The second-order valence-electron chi connectivity index (χ2n) is 4.62. The molecule has 106 valence electrons. The van der Waals surface area contributed by atoms with Crippen molar-refractivity contribution < 1.29 is 14.6 Å². The third-order valence-electron chi connectivity index (χ3n) is 3.19. The molecule has 0 fully saturated rings. The molecule has 1 heterocycles. The van der Waals surface area contributed by atoms with Crippen molar-refractivity contribution in [2.24, 2.45) is 0 Å². The van der Waals surface area contributed by atoms with Gasteiger partial charge in [0.15, 0.2) is 5.75 Å². The molecule has 1 unspecified atom stereocenters. The summed E-state index contributed by atoms with van der Waals surface area (Å²) in [6.07, 6.45) is 3.53. The molecular formula is C15H18N2O3. The lowest BCUT2D eigenvalue weighted by molar-refractivity contribution is -0.138. The lowest BCUT2D eigenvalue weighted by atomic mass is 10.0. The lowest BCUT2D eigenvalue weighted by Crippen LogP contribution is -2.07. The molecule has 1 N–H and O–H groups in total. The van der Waals surface area contributed by atoms with E-state index in [0.29, 0.717) is 6.61 Å². The summed E-state index contributed by atoms with van der Waals surface area (Å²) in [4.78, 5) is 10.9. The van der Waals surface area contributed by atoms with Gasteiger partial charge in [-0.1, -0.05) is 24.3 Å². The maximum absolute atomic E-state index is 10.9. The van der Waals surface area contributed by atoms with Gasteiger partial charge in [0.2, 0.25) is 0 Å². The number of aromatic nitrogens is 2. The van der Waals surface area contributed by atoms with Crippen LogP contribution in [0.4, 0.5) is 0 Å². The number of carbonyl (C=O) groups is 1. The van der Waals surface area contributed by atoms with Crippen LogP contribution in [0.15, 0.2) is 36.7 Å². The molecule has 0 spiro atoms. The number of rotatable bonds is 6. The molecule has 0 radical (unpaired) electrons. The number of carboxylic acids is 1. The first-order chi connectivity index (χ1) is 9.60. The molecule has 20 heavy (non-hydrogen) atoms. The first kappa shape index (κ1) is 14.1. The van der Waals surface area contributed by atoms with Crippen LogP contribution in [0.25, 0.3) is 0 Å². The Hall–Kier alpha value is -2.30. The Morgan fingerprint density at radius 1 is 1.40 bits per heavy atom. The molecule has 2 aromatic rings. The fourth-order valence-electron chi connectivity index (χ4n) is 1.80. The highest BCUT2D eigenvalue weighted by Gasteiger charge is 2.12. The molecule has 0 aliphatic heterocycles. The van der Waals surface area contributed by atoms with Crippen molar-refractivity contribution in [1.82, 2.24) is 9.78 Å². The summed E-state index contributed by atoms with van der Waals surface area (Å²) in [6, 6.07) is 7.43. The Bertz CT molecular complexity index is 575. The predicted molar refractivity (Wildman–Crippen MR) is 74.7 cm³/mol. The minimum Gasteiger partial charge on any atom is -0.486 e. The molecule has 0 amide bonds. The molecule has 5 nitrogen and oxygen atoms in total. The van der Waals surface area contributed by atoms with Crippen LogP contribution in [-0.2, 0) is 17.9 Å². The van der Waals surface area contributed by atoms with Gasteiger partial charge in [-0.05, 0) is 25.0 Å². The van der Waals surface area contributed by atoms with Crippen LogP contribution in [0, 0.1) is 0 Å². The van der Waals surface area contributed by atoms with Gasteiger partial charge in [0.1, 0.15) is 6.61 Å². The summed E-state index contributed by atoms with van der Waals surface area (Å²) in [5.41, 5.74) is 1.79. The van der Waals surface area contributed by atoms with E-state index in [2.05, 4.69) is 5.10 Å². The van der Waals surface area contributed by atoms with Crippen molar-refractivity contribution >= 4 is 5.97 Å². The topological polar surface area (TPSA) is 64.3 Å². The van der Waals surface area contributed by atoms with Crippen LogP contribution in [-0.4, -0.2) is 20.9 Å². The van der Waals surface area contributed by atoms with Crippen LogP contribution < -0.4 is 4.74 Å². The number of carboxylic acid groups (broad SMARTS) is 1. The van der Waals surface area contributed by atoms with Crippen LogP contribution in [0.3, 0.4) is 0 Å². The molecule has 5 heteroatoms. The SMILES string of the molecule is CCn1cc(OCc2ccc(C(C)C(=O)O)cc2)cn1. The second kappa shape index (κ2) is 6.23. The van der Waals surface area contributed by atoms with Crippen LogP contribution in [0.5, 0.6) is 5.75 Å². The molecule has 0 saturated heterocycles. The van der Waals surface area contributed by atoms with Crippen LogP contribution in [0.2, 0.25) is 0 Å². The molecule has 0 aliphatic rings. The fraction of sp³-hybridized carbons (Fsp3) is 0.333. The zero-order valence-corrected chi connectivity index (χ0v) is 11.6. The van der Waals surface area contributed by atoms with Crippen LogP contribution >= 0.6 is 0 Å². The third kappa shape index (κ3) is 3.38. The summed E-state index contributed by atoms with van der Waals surface area (Å²) in [6.45, 7) is 4.94. The van der Waals surface area contributed by atoms with Gasteiger partial charge in [-0.25, -0.2) is 0 Å². The Kier molecular flexibility index (Phi) is 4.40. The third-order valence-corrected chi connectivity index (χ3v) is 3.19. The molecule has 1 atom stereocenters. The van der Waals surface area contributed by atoms with Crippen molar-refractivity contribution in [3.63, 3.8) is 0 Å². The molecular weight excluding hydrogens is 256 g/mol. The second-order valence-corrected chi connectivity index (χ2v) is 4.62. The Morgan fingerprint density at radius 2 is 2.10 bits per heavy atom. The summed E-state index contributed by atoms with van der Waals surface area (Å²) in [5, 5.41) is 13.1. The highest BCUT2D eigenvalue weighted by Crippen LogP contribution is 2.17. The van der Waals surface area contributed by atoms with Crippen molar-refractivity contribution in [1.29, 1.82) is 0 Å². The zero-order valence-electron chi connectivity index (χ0n) is 11.6. The lowest BCUT2D eigenvalue weighted by Gasteiger charge is -2.08. The van der Waals surface area contributed by atoms with Crippen molar-refractivity contribution in [3.8, 4) is 5.75 Å². The number of hydrogen-bond donors (Lipinski definition) is 1. The molecule has 0 bridgehead atoms. The molecule has 0 aliphatic carbocycles. The van der Waals surface area contributed by atoms with Crippen molar-refractivity contribution in [2.45, 2.75) is 32.9 Å². The van der Waals surface area contributed by atoms with Gasteiger partial charge < -0.3 is 9.84 Å². The average molecular weight is 274 g/mol. The number of hydrogen-bond acceptors (Lipinski definition) is 3. The van der Waals surface area contributed by atoms with Gasteiger partial charge >= 0.3 is 5.97 Å². The monoisotopic (exact) mass is 274 g/mol. The normalized spacial score (nSPS) is 12.1. The van der Waals surface area contributed by atoms with Gasteiger partial charge in [-0.3, -0.25) is 9.48 Å². The van der Waals surface area contributed by atoms with Gasteiger partial charge in [-0.15, -0.1) is 0 Å². The smallest absolute Gasteiger partial charge is 0.310 e. The van der Waals surface area contributed by atoms with E-state index in [9.17, 15) is 4.79 Å². The quantitative estimate of drug-likeness (QED) is 0.879. The van der Waals surface area contributed by atoms with Crippen molar-refractivity contribution in [3.05, 3.63) is 47.8 Å². The number of nitrogens with zero attached hydrogens (tertiary/aromatic N) is 2. The number of ether oxygens (including phenoxy) is 1. The Morgan fingerprint density at radius 3 is 2.65 bits per heavy atom. The first-order valence-electron chi connectivity index (χ1n) is 6.57. The van der Waals surface area contributed by atoms with Gasteiger partial charge in [0.05, 0.1) is 18.3 Å². The fourth-order valence-corrected chi connectivity index (χ4v) is 1.80. The number of aliphatic carboxylic acids is 1. The molecule has 1 aromatic carbocycles. The van der Waals surface area contributed by atoms with Gasteiger partial charge in [0.25, 0.3) is 0 Å². The zero-order chi connectivity index (χ0) is 14.5. The summed E-state index contributed by atoms with van der Waals surface area (Å²) >= 11 is 0. The summed E-state index contributed by atoms with van der Waals surface area (Å²) in [5.74, 6) is -0.580. The van der Waals surface area contributed by atoms with E-state index >= 15 is 0 Å². The van der Waals surface area contributed by atoms with E-state index in [4.69, 9.17) is 9.84 Å². The van der Waals surface area contributed by atoms with E-state index in [1.807, 2.05) is 37.4 Å². The first-order valence-corrected chi connectivity index (χ1v) is 6.57. The highest BCUT2D eigenvalue weighted by atomic mass is 16.5. The van der Waals surface area contributed by atoms with Crippen LogP contribution in [0.1, 0.15) is 30.9 Å². The molecule has 1 aromatic heterocycles. The molecule has 2 rings (SSSR count). The maximum Gasteiger partial charge on any atom is 0.310 e. The number of benzene rings is 1. The predicted octanol–water partition coefficient (Wildman–Crippen LogP) is 2.67. The van der Waals surface area contributed by atoms with E-state index in [-0.39, 0.29) is 0 Å². The van der Waals surface area contributed by atoms with Gasteiger partial charge in [0, 0.05) is 6.54 Å². The minimum atomic E-state index is -0.819. The average Bonchev–Trinajstić information content (AvgIpc) is 2.93. The Balaban J connectivity index is 1.95. The molecule has 0 saturated carbocycles. The van der Waals surface area contributed by atoms with E-state index in [1.54, 1.807) is 17.8 Å². The van der Waals surface area contributed by atoms with E-state index in [1.165, 1.54) is 0 Å².